The molecule has 0 rings (SSSR count). The van der Waals surface area contributed by atoms with Crippen LogP contribution in [0.15, 0.2) is 12.2 Å². The van der Waals surface area contributed by atoms with Crippen LogP contribution in [0.1, 0.15) is 13.8 Å². The van der Waals surface area contributed by atoms with E-state index in [1.54, 1.807) is 6.92 Å². The van der Waals surface area contributed by atoms with Crippen LogP contribution in [-0.2, 0) is 23.7 Å². The number of hydrogen-bond acceptors (Lipinski definition) is 5. The van der Waals surface area contributed by atoms with Gasteiger partial charge in [-0.15, -0.1) is 0 Å². The largest absolute Gasteiger partial charge is 0.402 e. The molecule has 1 atom stereocenters. The van der Waals surface area contributed by atoms with Crippen molar-refractivity contribution >= 4 is 5.97 Å². The quantitative estimate of drug-likeness (QED) is 0.379. The van der Waals surface area contributed by atoms with Gasteiger partial charge in [-0.2, -0.15) is 0 Å². The van der Waals surface area contributed by atoms with Gasteiger partial charge >= 0.3 is 11.9 Å². The molecule has 0 radical (unpaired) electrons. The fraction of sp³-hybridized carbons (Fsp3) is 0.700. The predicted octanol–water partition coefficient (Wildman–Crippen LogP) is 1.09. The molecule has 0 aromatic carbocycles. The Balaban J connectivity index is 4.78. The molecule has 0 saturated carbocycles. The second kappa shape index (κ2) is 5.85. The van der Waals surface area contributed by atoms with Gasteiger partial charge in [0.25, 0.3) is 0 Å². The first-order chi connectivity index (χ1) is 6.93. The Morgan fingerprint density at radius 3 is 2.00 bits per heavy atom. The summed E-state index contributed by atoms with van der Waals surface area (Å²) < 4.78 is 20.1. The van der Waals surface area contributed by atoms with Gasteiger partial charge in [-0.25, -0.2) is 4.79 Å². The van der Waals surface area contributed by atoms with Gasteiger partial charge in [-0.3, -0.25) is 0 Å². The smallest absolute Gasteiger partial charge is 0.356 e. The Morgan fingerprint density at radius 1 is 1.27 bits per heavy atom. The average molecular weight is 218 g/mol. The van der Waals surface area contributed by atoms with E-state index in [-0.39, 0.29) is 5.57 Å². The number of ether oxygens (including phenoxy) is 4. The molecule has 0 aliphatic carbocycles. The number of carbonyl (C=O) groups is 1. The highest BCUT2D eigenvalue weighted by Crippen LogP contribution is 2.21. The molecule has 0 fully saturated rings. The van der Waals surface area contributed by atoms with Gasteiger partial charge in [0.2, 0.25) is 0 Å². The van der Waals surface area contributed by atoms with Crippen LogP contribution in [0.4, 0.5) is 0 Å². The monoisotopic (exact) mass is 218 g/mol. The van der Waals surface area contributed by atoms with Crippen LogP contribution in [-0.4, -0.2) is 39.4 Å². The van der Waals surface area contributed by atoms with Crippen molar-refractivity contribution in [2.24, 2.45) is 0 Å². The maximum absolute atomic E-state index is 11.4. The molecule has 15 heavy (non-hydrogen) atoms. The fourth-order valence-corrected chi connectivity index (χ4v) is 0.942. The summed E-state index contributed by atoms with van der Waals surface area (Å²) >= 11 is 0. The van der Waals surface area contributed by atoms with E-state index in [4.69, 9.17) is 18.9 Å². The van der Waals surface area contributed by atoms with Gasteiger partial charge < -0.3 is 18.9 Å². The minimum atomic E-state index is -1.54. The lowest BCUT2D eigenvalue weighted by Gasteiger charge is -2.33. The maximum Gasteiger partial charge on any atom is 0.356 e. The number of carbonyl (C=O) groups excluding carboxylic acids is 1. The van der Waals surface area contributed by atoms with E-state index in [0.717, 1.165) is 0 Å². The van der Waals surface area contributed by atoms with E-state index in [2.05, 4.69) is 6.58 Å². The molecule has 0 spiro atoms. The first kappa shape index (κ1) is 14.1. The van der Waals surface area contributed by atoms with Crippen molar-refractivity contribution in [1.29, 1.82) is 0 Å². The highest BCUT2D eigenvalue weighted by Gasteiger charge is 2.42. The topological polar surface area (TPSA) is 54.0 Å². The number of rotatable bonds is 6. The third kappa shape index (κ3) is 3.30. The minimum absolute atomic E-state index is 0.261. The third-order valence-corrected chi connectivity index (χ3v) is 2.00. The molecule has 0 bridgehead atoms. The van der Waals surface area contributed by atoms with Crippen LogP contribution in [0.5, 0.6) is 0 Å². The lowest BCUT2D eigenvalue weighted by Crippen LogP contribution is -2.49. The van der Waals surface area contributed by atoms with Gasteiger partial charge in [0.15, 0.2) is 0 Å². The molecule has 0 saturated heterocycles. The van der Waals surface area contributed by atoms with Crippen LogP contribution >= 0.6 is 0 Å². The molecule has 0 aromatic rings. The molecule has 88 valence electrons. The zero-order valence-corrected chi connectivity index (χ0v) is 9.83. The predicted molar refractivity (Wildman–Crippen MR) is 54.1 cm³/mol. The second-order valence-corrected chi connectivity index (χ2v) is 3.06. The summed E-state index contributed by atoms with van der Waals surface area (Å²) in [4.78, 5) is 11.4. The molecule has 5 nitrogen and oxygen atoms in total. The van der Waals surface area contributed by atoms with Crippen LogP contribution in [0.2, 0.25) is 0 Å². The molecule has 5 heteroatoms. The van der Waals surface area contributed by atoms with Crippen molar-refractivity contribution in [2.45, 2.75) is 25.9 Å². The summed E-state index contributed by atoms with van der Waals surface area (Å²) in [6, 6.07) is 0. The SMILES string of the molecule is C=C(C)C(=O)OC(OC)(OC)C(C)OC. The Hall–Kier alpha value is -0.910. The van der Waals surface area contributed by atoms with Crippen LogP contribution in [0.3, 0.4) is 0 Å². The van der Waals surface area contributed by atoms with Gasteiger partial charge in [0.05, 0.1) is 0 Å². The summed E-state index contributed by atoms with van der Waals surface area (Å²) in [5.41, 5.74) is 0.261. The lowest BCUT2D eigenvalue weighted by atomic mass is 10.3. The zero-order chi connectivity index (χ0) is 12.1. The first-order valence-electron chi connectivity index (χ1n) is 4.45. The second-order valence-electron chi connectivity index (χ2n) is 3.06. The molecule has 0 N–H and O–H groups in total. The lowest BCUT2D eigenvalue weighted by molar-refractivity contribution is -0.378. The molecular formula is C10H18O5. The Kier molecular flexibility index (Phi) is 5.49. The van der Waals surface area contributed by atoms with Crippen LogP contribution < -0.4 is 0 Å². The Labute approximate surface area is 89.9 Å². The van der Waals surface area contributed by atoms with Crippen molar-refractivity contribution in [1.82, 2.24) is 0 Å². The van der Waals surface area contributed by atoms with E-state index in [9.17, 15) is 4.79 Å². The fourth-order valence-electron chi connectivity index (χ4n) is 0.942. The van der Waals surface area contributed by atoms with E-state index < -0.39 is 18.0 Å². The van der Waals surface area contributed by atoms with Gasteiger partial charge in [0, 0.05) is 26.9 Å². The normalized spacial score (nSPS) is 13.4. The van der Waals surface area contributed by atoms with Crippen molar-refractivity contribution in [2.75, 3.05) is 21.3 Å². The maximum atomic E-state index is 11.4. The van der Waals surface area contributed by atoms with Crippen LogP contribution in [0.25, 0.3) is 0 Å². The highest BCUT2D eigenvalue weighted by atomic mass is 16.9. The average Bonchev–Trinajstić information content (AvgIpc) is 2.24. The molecule has 0 aliphatic rings. The van der Waals surface area contributed by atoms with Crippen molar-refractivity contribution in [3.63, 3.8) is 0 Å². The summed E-state index contributed by atoms with van der Waals surface area (Å²) in [6.45, 7) is 6.67. The summed E-state index contributed by atoms with van der Waals surface area (Å²) in [7, 11) is 4.20. The van der Waals surface area contributed by atoms with E-state index in [1.807, 2.05) is 0 Å². The van der Waals surface area contributed by atoms with Crippen molar-refractivity contribution in [3.05, 3.63) is 12.2 Å². The van der Waals surface area contributed by atoms with E-state index in [1.165, 1.54) is 28.3 Å². The molecule has 0 heterocycles. The Morgan fingerprint density at radius 2 is 1.73 bits per heavy atom. The van der Waals surface area contributed by atoms with Crippen LogP contribution in [0, 0.1) is 0 Å². The number of esters is 1. The summed E-state index contributed by atoms with van der Waals surface area (Å²) in [5, 5.41) is 0. The molecule has 1 unspecified atom stereocenters. The van der Waals surface area contributed by atoms with Gasteiger partial charge in [-0.05, 0) is 13.8 Å². The molecule has 0 aromatic heterocycles. The van der Waals surface area contributed by atoms with Crippen molar-refractivity contribution < 1.29 is 23.7 Å². The highest BCUT2D eigenvalue weighted by molar-refractivity contribution is 5.87. The van der Waals surface area contributed by atoms with E-state index >= 15 is 0 Å². The summed E-state index contributed by atoms with van der Waals surface area (Å²) in [5.74, 6) is -2.13. The zero-order valence-electron chi connectivity index (χ0n) is 9.83. The van der Waals surface area contributed by atoms with E-state index in [0.29, 0.717) is 0 Å². The van der Waals surface area contributed by atoms with Gasteiger partial charge in [0.1, 0.15) is 6.10 Å². The standard InChI is InChI=1S/C10H18O5/c1-7(2)9(11)15-10(13-5,14-6)8(3)12-4/h8H,1H2,2-6H3. The molecule has 0 amide bonds. The number of methoxy groups -OCH3 is 3. The minimum Gasteiger partial charge on any atom is -0.402 e. The number of hydrogen-bond donors (Lipinski definition) is 0. The third-order valence-electron chi connectivity index (χ3n) is 2.00. The first-order valence-corrected chi connectivity index (χ1v) is 4.45. The van der Waals surface area contributed by atoms with Crippen molar-refractivity contribution in [3.8, 4) is 0 Å². The molecular weight excluding hydrogens is 200 g/mol. The molecule has 0 aliphatic heterocycles. The van der Waals surface area contributed by atoms with Gasteiger partial charge in [-0.1, -0.05) is 6.58 Å². The Bertz CT molecular complexity index is 232. The summed E-state index contributed by atoms with van der Waals surface area (Å²) in [6.07, 6.45) is -0.559.